The average Bonchev–Trinajstić information content (AvgIpc) is 3.12. The fraction of sp³-hybridized carbons (Fsp3) is 0. The minimum Gasteiger partial charge on any atom is -0.508 e. The zero-order valence-corrected chi connectivity index (χ0v) is 29.2. The second-order valence-electron chi connectivity index (χ2n) is 10.7. The van der Waals surface area contributed by atoms with Crippen molar-refractivity contribution in [2.24, 2.45) is 13.5 Å². The van der Waals surface area contributed by atoms with Gasteiger partial charge >= 0.3 is 23.0 Å². The largest absolute Gasteiger partial charge is 0.508 e. The third-order valence-electron chi connectivity index (χ3n) is 6.76. The molecule has 0 bridgehead atoms. The quantitative estimate of drug-likeness (QED) is 0.104. The lowest BCUT2D eigenvalue weighted by molar-refractivity contribution is 0.439. The van der Waals surface area contributed by atoms with Crippen LogP contribution < -0.4 is 27.1 Å². The van der Waals surface area contributed by atoms with Crippen LogP contribution in [0.15, 0.2) is 177 Å². The van der Waals surface area contributed by atoms with E-state index < -0.39 is 23.0 Å². The fourth-order valence-electron chi connectivity index (χ4n) is 4.55. The van der Waals surface area contributed by atoms with Crippen molar-refractivity contribution >= 4 is 23.0 Å². The smallest absolute Gasteiger partial charge is 0.460 e. The highest BCUT2D eigenvalue weighted by Gasteiger charge is 2.49. The van der Waals surface area contributed by atoms with Crippen molar-refractivity contribution in [1.29, 1.82) is 0 Å². The van der Waals surface area contributed by atoms with E-state index in [0.29, 0.717) is 17.2 Å². The van der Waals surface area contributed by atoms with Gasteiger partial charge in [-0.2, -0.15) is 0 Å². The van der Waals surface area contributed by atoms with Gasteiger partial charge in [-0.15, -0.1) is 0 Å². The van der Waals surface area contributed by atoms with Crippen molar-refractivity contribution in [3.63, 3.8) is 0 Å². The van der Waals surface area contributed by atoms with Gasteiger partial charge in [0, 0.05) is 0 Å². The molecule has 1 heterocycles. The summed E-state index contributed by atoms with van der Waals surface area (Å²) < 4.78 is 55.1. The molecule has 0 saturated heterocycles. The molecule has 0 amide bonds. The maximum absolute atomic E-state index is 10.1. The Labute approximate surface area is 293 Å². The molecule has 0 saturated carbocycles. The summed E-state index contributed by atoms with van der Waals surface area (Å²) in [6.45, 7) is 0. The van der Waals surface area contributed by atoms with Gasteiger partial charge < -0.3 is 42.5 Å². The number of hydrogen-bond acceptors (Lipinski definition) is 12. The molecule has 0 fully saturated rings. The van der Waals surface area contributed by atoms with Crippen molar-refractivity contribution in [2.45, 2.75) is 0 Å². The van der Waals surface area contributed by atoms with Gasteiger partial charge in [-0.1, -0.05) is 68.1 Å². The van der Waals surface area contributed by atoms with Crippen molar-refractivity contribution in [3.8, 4) is 51.7 Å². The van der Waals surface area contributed by atoms with E-state index in [1.54, 1.807) is 84.9 Å². The maximum atomic E-state index is 10.1. The maximum Gasteiger partial charge on any atom is 0.460 e. The monoisotopic (exact) mass is 741 g/mol. The third kappa shape index (κ3) is 8.51. The molecule has 0 aliphatic carbocycles. The number of phenols is 3. The van der Waals surface area contributed by atoms with Crippen LogP contribution in [0.1, 0.15) is 0 Å². The normalized spacial score (nSPS) is 16.9. The van der Waals surface area contributed by atoms with Gasteiger partial charge in [0.2, 0.25) is 0 Å². The zero-order chi connectivity index (χ0) is 35.2. The van der Waals surface area contributed by atoms with Crippen molar-refractivity contribution in [1.82, 2.24) is 0 Å². The van der Waals surface area contributed by atoms with Crippen LogP contribution in [0.4, 0.5) is 0 Å². The molecule has 1 aliphatic rings. The molecule has 7 rings (SSSR count). The lowest BCUT2D eigenvalue weighted by Gasteiger charge is -2.33. The topological polar surface area (TPSA) is 153 Å². The molecule has 1 aliphatic heterocycles. The highest BCUT2D eigenvalue weighted by molar-refractivity contribution is 7.79. The predicted molar refractivity (Wildman–Crippen MR) is 195 cm³/mol. The van der Waals surface area contributed by atoms with Gasteiger partial charge in [-0.05, 0) is 109 Å². The second kappa shape index (κ2) is 14.6. The molecule has 15 heteroatoms. The Bertz CT molecular complexity index is 2160. The molecule has 0 spiro atoms. The third-order valence-corrected chi connectivity index (χ3v) is 14.9. The molecule has 6 aromatic rings. The highest BCUT2D eigenvalue weighted by Crippen LogP contribution is 2.78. The van der Waals surface area contributed by atoms with Crippen LogP contribution in [-0.4, -0.2) is 15.3 Å². The van der Waals surface area contributed by atoms with E-state index in [0.717, 1.165) is 0 Å². The SMILES string of the molecule is Oc1ccc(OP2(Oc3ccccc3)=NP(Oc3ccccc3)(Oc3ccccc3)=NP(Oc3ccc(O)cc3)(Oc3ccc(O)cc3)=N2)cc1. The summed E-state index contributed by atoms with van der Waals surface area (Å²) in [6, 6.07) is 44.5. The fourth-order valence-corrected chi connectivity index (χ4v) is 13.6. The van der Waals surface area contributed by atoms with Crippen molar-refractivity contribution in [2.75, 3.05) is 0 Å². The number of rotatable bonds is 12. The molecule has 3 N–H and O–H groups in total. The minimum atomic E-state index is -4.12. The summed E-state index contributed by atoms with van der Waals surface area (Å²) in [5.41, 5.74) is 0. The Kier molecular flexibility index (Phi) is 9.64. The van der Waals surface area contributed by atoms with Gasteiger partial charge in [0.1, 0.15) is 51.7 Å². The van der Waals surface area contributed by atoms with Gasteiger partial charge in [0.25, 0.3) is 0 Å². The Hall–Kier alpha value is -5.79. The van der Waals surface area contributed by atoms with Crippen LogP contribution in [0.2, 0.25) is 0 Å². The van der Waals surface area contributed by atoms with Gasteiger partial charge in [0.15, 0.2) is 0 Å². The molecule has 12 nitrogen and oxygen atoms in total. The lowest BCUT2D eigenvalue weighted by Crippen LogP contribution is -2.11. The second-order valence-corrected chi connectivity index (χ2v) is 16.9. The number of para-hydroxylation sites is 3. The van der Waals surface area contributed by atoms with E-state index in [9.17, 15) is 15.3 Å². The number of benzene rings is 6. The first-order valence-electron chi connectivity index (χ1n) is 15.4. The molecule has 0 aromatic heterocycles. The van der Waals surface area contributed by atoms with Crippen LogP contribution in [-0.2, 0) is 0 Å². The molecule has 6 aromatic carbocycles. The summed E-state index contributed by atoms with van der Waals surface area (Å²) in [6.07, 6.45) is 0. The highest BCUT2D eigenvalue weighted by atomic mass is 31.3. The van der Waals surface area contributed by atoms with E-state index in [4.69, 9.17) is 40.7 Å². The summed E-state index contributed by atoms with van der Waals surface area (Å²) in [5, 5.41) is 30.2. The standard InChI is InChI=1S/C36H30N3O9P3/c40-28-16-22-34(23-17-28)46-50(45-33-14-8-3-9-15-33)37-49(43-31-10-4-1-5-11-31,44-32-12-6-2-7-13-32)38-51(39-50,47-35-24-18-29(41)19-25-35)48-36-26-20-30(42)21-27-36/h1-27,40-42H. The number of hydrogen-bond donors (Lipinski definition) is 3. The summed E-state index contributed by atoms with van der Waals surface area (Å²) in [5.74, 6) is 1.82. The minimum absolute atomic E-state index is 0.00768. The Morgan fingerprint density at radius 1 is 0.275 bits per heavy atom. The Morgan fingerprint density at radius 2 is 0.471 bits per heavy atom. The van der Waals surface area contributed by atoms with E-state index in [-0.39, 0.29) is 34.5 Å². The Balaban J connectivity index is 1.56. The summed E-state index contributed by atoms with van der Waals surface area (Å²) >= 11 is 0. The van der Waals surface area contributed by atoms with Crippen molar-refractivity contribution < 1.29 is 42.5 Å². The molecule has 258 valence electrons. The first-order chi connectivity index (χ1) is 24.8. The molecule has 1 atom stereocenters. The van der Waals surface area contributed by atoms with Crippen LogP contribution in [0.3, 0.4) is 0 Å². The number of aromatic hydroxyl groups is 3. The number of nitrogens with zero attached hydrogens (tertiary/aromatic N) is 3. The molecular formula is C36H30N3O9P3. The van der Waals surface area contributed by atoms with Crippen LogP contribution >= 0.6 is 23.0 Å². The van der Waals surface area contributed by atoms with Crippen LogP contribution in [0.5, 0.6) is 51.7 Å². The molecule has 51 heavy (non-hydrogen) atoms. The van der Waals surface area contributed by atoms with Gasteiger partial charge in [0.05, 0.1) is 0 Å². The molecular weight excluding hydrogens is 711 g/mol. The molecule has 1 unspecified atom stereocenters. The van der Waals surface area contributed by atoms with Crippen molar-refractivity contribution in [3.05, 3.63) is 164 Å². The lowest BCUT2D eigenvalue weighted by atomic mass is 10.3. The van der Waals surface area contributed by atoms with Gasteiger partial charge in [-0.25, -0.2) is 0 Å². The van der Waals surface area contributed by atoms with E-state index in [1.807, 2.05) is 18.2 Å². The van der Waals surface area contributed by atoms with Crippen LogP contribution in [0, 0.1) is 0 Å². The first kappa shape index (κ1) is 33.7. The van der Waals surface area contributed by atoms with E-state index in [2.05, 4.69) is 0 Å². The Morgan fingerprint density at radius 3 is 0.686 bits per heavy atom. The summed E-state index contributed by atoms with van der Waals surface area (Å²) in [4.78, 5) is 0. The van der Waals surface area contributed by atoms with Crippen LogP contribution in [0.25, 0.3) is 0 Å². The molecule has 0 radical (unpaired) electrons. The number of phenolic OH excluding ortho intramolecular Hbond substituents is 3. The average molecular weight is 742 g/mol. The van der Waals surface area contributed by atoms with Gasteiger partial charge in [-0.3, -0.25) is 0 Å². The first-order valence-corrected chi connectivity index (χ1v) is 20.0. The predicted octanol–water partition coefficient (Wildman–Crippen LogP) is 11.4. The van der Waals surface area contributed by atoms with E-state index in [1.165, 1.54) is 60.7 Å². The zero-order valence-electron chi connectivity index (χ0n) is 26.6. The van der Waals surface area contributed by atoms with E-state index >= 15 is 0 Å². The summed E-state index contributed by atoms with van der Waals surface area (Å²) in [7, 11) is -12.3.